The molecule has 0 spiro atoms. The van der Waals surface area contributed by atoms with Crippen LogP contribution in [0.4, 0.5) is 0 Å². The van der Waals surface area contributed by atoms with Crippen LogP contribution in [0.2, 0.25) is 0 Å². The van der Waals surface area contributed by atoms with Crippen LogP contribution in [0.5, 0.6) is 0 Å². The standard InChI is InChI=1S/C19H19N7O3/c1-12(8-16-23-17(24-29-16)13-6-4-3-5-7-13)22-15(27)10-26-11-20-18-14(19(26)28)9-21-25(18)2/h3-7,9,11-12H,8,10H2,1-2H3,(H,22,27)/t12-/m1/s1. The number of hydrogen-bond acceptors (Lipinski definition) is 7. The maximum atomic E-state index is 12.4. The van der Waals surface area contributed by atoms with Gasteiger partial charge in [-0.3, -0.25) is 18.8 Å². The van der Waals surface area contributed by atoms with Gasteiger partial charge in [-0.2, -0.15) is 10.1 Å². The average Bonchev–Trinajstić information content (AvgIpc) is 3.32. The van der Waals surface area contributed by atoms with Gasteiger partial charge >= 0.3 is 0 Å². The fraction of sp³-hybridized carbons (Fsp3) is 0.263. The number of carbonyl (C=O) groups is 1. The molecular weight excluding hydrogens is 374 g/mol. The Labute approximate surface area is 165 Å². The molecule has 0 radical (unpaired) electrons. The van der Waals surface area contributed by atoms with Crippen molar-refractivity contribution in [2.75, 3.05) is 0 Å². The third-order valence-corrected chi connectivity index (χ3v) is 4.42. The van der Waals surface area contributed by atoms with Crippen molar-refractivity contribution in [1.29, 1.82) is 0 Å². The summed E-state index contributed by atoms with van der Waals surface area (Å²) in [5, 5.41) is 11.2. The summed E-state index contributed by atoms with van der Waals surface area (Å²) in [7, 11) is 1.70. The number of aromatic nitrogens is 6. The largest absolute Gasteiger partial charge is 0.352 e. The third-order valence-electron chi connectivity index (χ3n) is 4.42. The lowest BCUT2D eigenvalue weighted by molar-refractivity contribution is -0.122. The number of nitrogens with one attached hydrogen (secondary N) is 1. The monoisotopic (exact) mass is 393 g/mol. The molecule has 0 fully saturated rings. The Kier molecular flexibility index (Phi) is 4.90. The van der Waals surface area contributed by atoms with E-state index in [1.54, 1.807) is 7.05 Å². The maximum Gasteiger partial charge on any atom is 0.264 e. The number of nitrogens with zero attached hydrogens (tertiary/aromatic N) is 6. The second-order valence-electron chi connectivity index (χ2n) is 6.73. The summed E-state index contributed by atoms with van der Waals surface area (Å²) >= 11 is 0. The molecule has 3 aromatic heterocycles. The first-order valence-corrected chi connectivity index (χ1v) is 9.06. The van der Waals surface area contributed by atoms with Crippen LogP contribution in [0.3, 0.4) is 0 Å². The molecule has 0 aliphatic heterocycles. The molecule has 3 heterocycles. The Morgan fingerprint density at radius 3 is 2.86 bits per heavy atom. The van der Waals surface area contributed by atoms with Gasteiger partial charge < -0.3 is 9.84 Å². The summed E-state index contributed by atoms with van der Waals surface area (Å²) in [6.45, 7) is 1.69. The maximum absolute atomic E-state index is 12.4. The van der Waals surface area contributed by atoms with Gasteiger partial charge in [0, 0.05) is 25.1 Å². The van der Waals surface area contributed by atoms with E-state index in [0.717, 1.165) is 5.56 Å². The normalized spacial score (nSPS) is 12.2. The number of rotatable bonds is 6. The second-order valence-corrected chi connectivity index (χ2v) is 6.73. The zero-order chi connectivity index (χ0) is 20.4. The van der Waals surface area contributed by atoms with Gasteiger partial charge in [0.1, 0.15) is 18.3 Å². The Balaban J connectivity index is 1.38. The zero-order valence-electron chi connectivity index (χ0n) is 15.9. The molecule has 1 atom stereocenters. The third kappa shape index (κ3) is 3.91. The Hall–Kier alpha value is -3.82. The first-order chi connectivity index (χ1) is 14.0. The van der Waals surface area contributed by atoms with Gasteiger partial charge in [0.15, 0.2) is 5.65 Å². The molecule has 4 aromatic rings. The van der Waals surface area contributed by atoms with Crippen LogP contribution in [0.25, 0.3) is 22.4 Å². The predicted molar refractivity (Wildman–Crippen MR) is 104 cm³/mol. The van der Waals surface area contributed by atoms with E-state index >= 15 is 0 Å². The molecule has 29 heavy (non-hydrogen) atoms. The van der Waals surface area contributed by atoms with Gasteiger partial charge in [-0.1, -0.05) is 35.5 Å². The number of aryl methyl sites for hydroxylation is 1. The second kappa shape index (κ2) is 7.66. The molecule has 1 aromatic carbocycles. The Bertz CT molecular complexity index is 1210. The Morgan fingerprint density at radius 1 is 1.28 bits per heavy atom. The van der Waals surface area contributed by atoms with E-state index in [2.05, 4.69) is 25.5 Å². The summed E-state index contributed by atoms with van der Waals surface area (Å²) in [4.78, 5) is 33.3. The summed E-state index contributed by atoms with van der Waals surface area (Å²) < 4.78 is 8.04. The fourth-order valence-corrected chi connectivity index (χ4v) is 3.01. The van der Waals surface area contributed by atoms with Crippen LogP contribution in [-0.4, -0.2) is 41.4 Å². The summed E-state index contributed by atoms with van der Waals surface area (Å²) in [5.74, 6) is 0.612. The molecule has 4 rings (SSSR count). The number of hydrogen-bond donors (Lipinski definition) is 1. The van der Waals surface area contributed by atoms with Crippen LogP contribution < -0.4 is 10.9 Å². The highest BCUT2D eigenvalue weighted by Gasteiger charge is 2.15. The average molecular weight is 393 g/mol. The zero-order valence-corrected chi connectivity index (χ0v) is 15.9. The van der Waals surface area contributed by atoms with Crippen molar-refractivity contribution < 1.29 is 9.32 Å². The predicted octanol–water partition coefficient (Wildman–Crippen LogP) is 0.927. The highest BCUT2D eigenvalue weighted by atomic mass is 16.5. The molecule has 0 saturated heterocycles. The Morgan fingerprint density at radius 2 is 2.07 bits per heavy atom. The van der Waals surface area contributed by atoms with Crippen LogP contribution in [0.1, 0.15) is 12.8 Å². The number of fused-ring (bicyclic) bond motifs is 1. The van der Waals surface area contributed by atoms with E-state index < -0.39 is 0 Å². The van der Waals surface area contributed by atoms with Crippen LogP contribution >= 0.6 is 0 Å². The van der Waals surface area contributed by atoms with Crippen molar-refractivity contribution in [3.63, 3.8) is 0 Å². The summed E-state index contributed by atoms with van der Waals surface area (Å²) in [5.41, 5.74) is 1.03. The first-order valence-electron chi connectivity index (χ1n) is 9.06. The highest BCUT2D eigenvalue weighted by molar-refractivity contribution is 5.77. The summed E-state index contributed by atoms with van der Waals surface area (Å²) in [6, 6.07) is 9.24. The van der Waals surface area contributed by atoms with Crippen molar-refractivity contribution in [1.82, 2.24) is 34.8 Å². The minimum atomic E-state index is -0.313. The van der Waals surface area contributed by atoms with Crippen LogP contribution in [0.15, 0.2) is 52.2 Å². The molecule has 0 bridgehead atoms. The van der Waals surface area contributed by atoms with Crippen molar-refractivity contribution in [2.45, 2.75) is 25.9 Å². The quantitative estimate of drug-likeness (QED) is 0.517. The van der Waals surface area contributed by atoms with Gasteiger partial charge in [0.25, 0.3) is 5.56 Å². The molecule has 0 saturated carbocycles. The van der Waals surface area contributed by atoms with E-state index in [0.29, 0.717) is 29.2 Å². The molecule has 1 amide bonds. The van der Waals surface area contributed by atoms with Gasteiger partial charge in [0.05, 0.1) is 6.20 Å². The van der Waals surface area contributed by atoms with Crippen molar-refractivity contribution in [3.8, 4) is 11.4 Å². The van der Waals surface area contributed by atoms with Crippen molar-refractivity contribution in [3.05, 3.63) is 59.1 Å². The van der Waals surface area contributed by atoms with Gasteiger partial charge in [-0.25, -0.2) is 4.98 Å². The number of carbonyl (C=O) groups excluding carboxylic acids is 1. The summed E-state index contributed by atoms with van der Waals surface area (Å²) in [6.07, 6.45) is 3.17. The molecule has 0 aliphatic rings. The van der Waals surface area contributed by atoms with Crippen LogP contribution in [0, 0.1) is 0 Å². The molecule has 10 heteroatoms. The minimum Gasteiger partial charge on any atom is -0.352 e. The number of benzene rings is 1. The lowest BCUT2D eigenvalue weighted by Crippen LogP contribution is -2.38. The number of amides is 1. The lowest BCUT2D eigenvalue weighted by atomic mass is 10.2. The first kappa shape index (κ1) is 18.5. The van der Waals surface area contributed by atoms with Crippen LogP contribution in [-0.2, 0) is 24.8 Å². The highest BCUT2D eigenvalue weighted by Crippen LogP contribution is 2.15. The molecular formula is C19H19N7O3. The van der Waals surface area contributed by atoms with E-state index in [9.17, 15) is 9.59 Å². The molecule has 10 nitrogen and oxygen atoms in total. The van der Waals surface area contributed by atoms with Crippen molar-refractivity contribution >= 4 is 16.9 Å². The molecule has 148 valence electrons. The SMILES string of the molecule is C[C@H](Cc1nc(-c2ccccc2)no1)NC(=O)Cn1cnc2c(cnn2C)c1=O. The van der Waals surface area contributed by atoms with Gasteiger partial charge in [-0.05, 0) is 6.92 Å². The van der Waals surface area contributed by atoms with Crippen molar-refractivity contribution in [2.24, 2.45) is 7.05 Å². The van der Waals surface area contributed by atoms with E-state index in [4.69, 9.17) is 4.52 Å². The smallest absolute Gasteiger partial charge is 0.264 e. The van der Waals surface area contributed by atoms with E-state index in [1.807, 2.05) is 37.3 Å². The van der Waals surface area contributed by atoms with E-state index in [1.165, 1.54) is 21.8 Å². The van der Waals surface area contributed by atoms with Gasteiger partial charge in [-0.15, -0.1) is 0 Å². The fourth-order valence-electron chi connectivity index (χ4n) is 3.01. The van der Waals surface area contributed by atoms with E-state index in [-0.39, 0.29) is 24.1 Å². The molecule has 0 unspecified atom stereocenters. The minimum absolute atomic E-state index is 0.139. The topological polar surface area (TPSA) is 121 Å². The lowest BCUT2D eigenvalue weighted by Gasteiger charge is -2.12. The molecule has 0 aliphatic carbocycles. The molecule has 1 N–H and O–H groups in total. The van der Waals surface area contributed by atoms with Gasteiger partial charge in [0.2, 0.25) is 17.6 Å².